The Morgan fingerprint density at radius 1 is 1.00 bits per heavy atom. The summed E-state index contributed by atoms with van der Waals surface area (Å²) in [5.74, 6) is 0.791. The molecular weight excluding hydrogens is 168 g/mol. The van der Waals surface area contributed by atoms with Crippen LogP contribution in [0.4, 0.5) is 0 Å². The first-order chi connectivity index (χ1) is 6.31. The van der Waals surface area contributed by atoms with E-state index in [0.29, 0.717) is 10.8 Å². The van der Waals surface area contributed by atoms with Crippen LogP contribution >= 0.6 is 0 Å². The fraction of sp³-hybridized carbons (Fsp3) is 1.00. The van der Waals surface area contributed by atoms with Gasteiger partial charge in [-0.1, -0.05) is 61.3 Å². The fourth-order valence-electron chi connectivity index (χ4n) is 3.14. The highest BCUT2D eigenvalue weighted by Crippen LogP contribution is 2.50. The zero-order chi connectivity index (χ0) is 11.4. The summed E-state index contributed by atoms with van der Waals surface area (Å²) in [7, 11) is 0. The Kier molecular flexibility index (Phi) is 5.19. The molecular formula is C14H30. The number of hydrogen-bond donors (Lipinski definition) is 0. The molecule has 0 saturated carbocycles. The summed E-state index contributed by atoms with van der Waals surface area (Å²) in [5.41, 5.74) is 0.966. The Balaban J connectivity index is 4.80. The summed E-state index contributed by atoms with van der Waals surface area (Å²) >= 11 is 0. The van der Waals surface area contributed by atoms with Crippen LogP contribution in [0.2, 0.25) is 0 Å². The zero-order valence-electron chi connectivity index (χ0n) is 11.4. The van der Waals surface area contributed by atoms with Gasteiger partial charge in [0.2, 0.25) is 0 Å². The van der Waals surface area contributed by atoms with Crippen molar-refractivity contribution in [1.29, 1.82) is 0 Å². The predicted octanol–water partition coefficient (Wildman–Crippen LogP) is 5.28. The van der Waals surface area contributed by atoms with Crippen molar-refractivity contribution in [3.05, 3.63) is 0 Å². The van der Waals surface area contributed by atoms with Gasteiger partial charge in [-0.25, -0.2) is 0 Å². The van der Waals surface area contributed by atoms with E-state index in [2.05, 4.69) is 48.5 Å². The first-order valence-electron chi connectivity index (χ1n) is 6.31. The van der Waals surface area contributed by atoms with Gasteiger partial charge in [-0.2, -0.15) is 0 Å². The van der Waals surface area contributed by atoms with Crippen LogP contribution in [0.3, 0.4) is 0 Å². The van der Waals surface area contributed by atoms with E-state index in [1.54, 1.807) is 0 Å². The predicted molar refractivity (Wildman–Crippen MR) is 66.5 cm³/mol. The van der Waals surface area contributed by atoms with E-state index in [0.717, 1.165) is 5.92 Å². The monoisotopic (exact) mass is 198 g/mol. The Bertz CT molecular complexity index is 150. The number of unbranched alkanes of at least 4 members (excludes halogenated alkanes) is 1. The van der Waals surface area contributed by atoms with Gasteiger partial charge in [0.25, 0.3) is 0 Å². The summed E-state index contributed by atoms with van der Waals surface area (Å²) in [4.78, 5) is 0. The smallest absolute Gasteiger partial charge is 0.0228 e. The highest BCUT2D eigenvalue weighted by atomic mass is 14.5. The molecule has 14 heavy (non-hydrogen) atoms. The molecule has 0 aliphatic heterocycles. The third-order valence-electron chi connectivity index (χ3n) is 4.21. The zero-order valence-corrected chi connectivity index (χ0v) is 11.4. The lowest BCUT2D eigenvalue weighted by atomic mass is 9.57. The lowest BCUT2D eigenvalue weighted by Crippen LogP contribution is -2.39. The van der Waals surface area contributed by atoms with Gasteiger partial charge in [0.1, 0.15) is 0 Å². The molecule has 0 spiro atoms. The molecule has 0 nitrogen and oxygen atoms in total. The van der Waals surface area contributed by atoms with Crippen molar-refractivity contribution in [2.75, 3.05) is 0 Å². The first kappa shape index (κ1) is 14.0. The molecule has 0 aromatic heterocycles. The molecule has 0 amide bonds. The van der Waals surface area contributed by atoms with Crippen LogP contribution in [0.1, 0.15) is 74.1 Å². The Morgan fingerprint density at radius 3 is 1.71 bits per heavy atom. The Morgan fingerprint density at radius 2 is 1.50 bits per heavy atom. The highest BCUT2D eigenvalue weighted by Gasteiger charge is 2.41. The van der Waals surface area contributed by atoms with Crippen molar-refractivity contribution in [2.24, 2.45) is 16.7 Å². The van der Waals surface area contributed by atoms with E-state index in [4.69, 9.17) is 0 Å². The van der Waals surface area contributed by atoms with Gasteiger partial charge in [0, 0.05) is 0 Å². The minimum atomic E-state index is 0.436. The lowest BCUT2D eigenvalue weighted by molar-refractivity contribution is 0.0138. The van der Waals surface area contributed by atoms with Crippen LogP contribution in [0.25, 0.3) is 0 Å². The van der Waals surface area contributed by atoms with Crippen LogP contribution in [0.5, 0.6) is 0 Å². The summed E-state index contributed by atoms with van der Waals surface area (Å²) in [5, 5.41) is 0. The van der Waals surface area contributed by atoms with Crippen molar-refractivity contribution in [3.63, 3.8) is 0 Å². The first-order valence-corrected chi connectivity index (χ1v) is 6.31. The van der Waals surface area contributed by atoms with Crippen molar-refractivity contribution >= 4 is 0 Å². The second-order valence-corrected chi connectivity index (χ2v) is 6.02. The molecule has 0 rings (SSSR count). The summed E-state index contributed by atoms with van der Waals surface area (Å²) < 4.78 is 0. The molecule has 0 saturated heterocycles. The van der Waals surface area contributed by atoms with E-state index < -0.39 is 0 Å². The van der Waals surface area contributed by atoms with Crippen LogP contribution in [0.15, 0.2) is 0 Å². The Labute approximate surface area is 91.5 Å². The second-order valence-electron chi connectivity index (χ2n) is 6.02. The van der Waals surface area contributed by atoms with E-state index in [1.807, 2.05) is 0 Å². The lowest BCUT2D eigenvalue weighted by Gasteiger charge is -2.48. The van der Waals surface area contributed by atoms with E-state index in [-0.39, 0.29) is 0 Å². The van der Waals surface area contributed by atoms with Crippen molar-refractivity contribution in [2.45, 2.75) is 74.1 Å². The molecule has 0 N–H and O–H groups in total. The maximum atomic E-state index is 2.41. The molecule has 0 radical (unpaired) electrons. The van der Waals surface area contributed by atoms with Gasteiger partial charge in [-0.3, -0.25) is 0 Å². The molecule has 0 aromatic carbocycles. The molecule has 0 aromatic rings. The molecule has 0 aliphatic rings. The molecule has 0 fully saturated rings. The third kappa shape index (κ3) is 2.74. The van der Waals surface area contributed by atoms with Crippen LogP contribution in [-0.2, 0) is 0 Å². The standard InChI is InChI=1S/C14H30/c1-8-10-11-14(9-2,12(3)4)13(5,6)7/h12H,8-11H2,1-7H3. The molecule has 0 heterocycles. The van der Waals surface area contributed by atoms with E-state index >= 15 is 0 Å². The van der Waals surface area contributed by atoms with Gasteiger partial charge in [0.05, 0.1) is 0 Å². The van der Waals surface area contributed by atoms with E-state index in [9.17, 15) is 0 Å². The Hall–Kier alpha value is 0. The van der Waals surface area contributed by atoms with Gasteiger partial charge < -0.3 is 0 Å². The third-order valence-corrected chi connectivity index (χ3v) is 4.21. The number of rotatable bonds is 5. The van der Waals surface area contributed by atoms with Gasteiger partial charge in [-0.15, -0.1) is 0 Å². The van der Waals surface area contributed by atoms with Crippen molar-refractivity contribution < 1.29 is 0 Å². The van der Waals surface area contributed by atoms with Gasteiger partial charge in [-0.05, 0) is 29.6 Å². The molecule has 0 aliphatic carbocycles. The van der Waals surface area contributed by atoms with Crippen LogP contribution < -0.4 is 0 Å². The van der Waals surface area contributed by atoms with Crippen LogP contribution in [0, 0.1) is 16.7 Å². The minimum absolute atomic E-state index is 0.436. The summed E-state index contributed by atoms with van der Waals surface area (Å²) in [6.45, 7) is 16.7. The average Bonchev–Trinajstić information content (AvgIpc) is 2.03. The molecule has 0 heteroatoms. The molecule has 0 bridgehead atoms. The SMILES string of the molecule is CCCCC(CC)(C(C)C)C(C)(C)C. The number of hydrogen-bond acceptors (Lipinski definition) is 0. The quantitative estimate of drug-likeness (QED) is 0.564. The van der Waals surface area contributed by atoms with E-state index in [1.165, 1.54) is 25.7 Å². The normalized spacial score (nSPS) is 17.1. The largest absolute Gasteiger partial charge is 0.0654 e. The average molecular weight is 198 g/mol. The van der Waals surface area contributed by atoms with Crippen molar-refractivity contribution in [3.8, 4) is 0 Å². The molecule has 1 atom stereocenters. The maximum absolute atomic E-state index is 2.41. The molecule has 1 unspecified atom stereocenters. The summed E-state index contributed by atoms with van der Waals surface area (Å²) in [6.07, 6.45) is 5.41. The van der Waals surface area contributed by atoms with Gasteiger partial charge >= 0.3 is 0 Å². The fourth-order valence-corrected chi connectivity index (χ4v) is 3.14. The molecule has 86 valence electrons. The highest BCUT2D eigenvalue weighted by molar-refractivity contribution is 4.91. The van der Waals surface area contributed by atoms with Crippen molar-refractivity contribution in [1.82, 2.24) is 0 Å². The second kappa shape index (κ2) is 5.19. The topological polar surface area (TPSA) is 0 Å². The summed E-state index contributed by atoms with van der Waals surface area (Å²) in [6, 6.07) is 0. The minimum Gasteiger partial charge on any atom is -0.0654 e. The maximum Gasteiger partial charge on any atom is -0.0228 e. The van der Waals surface area contributed by atoms with Crippen LogP contribution in [-0.4, -0.2) is 0 Å². The van der Waals surface area contributed by atoms with Gasteiger partial charge in [0.15, 0.2) is 0 Å².